The smallest absolute Gasteiger partial charge is 0.218 e. The van der Waals surface area contributed by atoms with E-state index in [1.807, 2.05) is 18.2 Å². The van der Waals surface area contributed by atoms with Gasteiger partial charge >= 0.3 is 0 Å². The Morgan fingerprint density at radius 3 is 2.62 bits per heavy atom. The van der Waals surface area contributed by atoms with E-state index in [2.05, 4.69) is 34.1 Å². The van der Waals surface area contributed by atoms with E-state index in [-0.39, 0.29) is 0 Å². The molecule has 0 aromatic carbocycles. The molecule has 0 aliphatic heterocycles. The summed E-state index contributed by atoms with van der Waals surface area (Å²) in [4.78, 5) is 13.0. The fraction of sp³-hybridized carbons (Fsp3) is 0.438. The summed E-state index contributed by atoms with van der Waals surface area (Å²) in [6, 6.07) is 5.82. The number of hydrogen-bond acceptors (Lipinski definition) is 5. The van der Waals surface area contributed by atoms with Crippen LogP contribution in [0.3, 0.4) is 0 Å². The maximum Gasteiger partial charge on any atom is 0.218 e. The maximum absolute atomic E-state index is 5.63. The van der Waals surface area contributed by atoms with E-state index < -0.39 is 0 Å². The lowest BCUT2D eigenvalue weighted by molar-refractivity contribution is 0.303. The zero-order chi connectivity index (χ0) is 14.9. The van der Waals surface area contributed by atoms with Crippen LogP contribution < -0.4 is 10.1 Å². The van der Waals surface area contributed by atoms with Crippen LogP contribution in [-0.2, 0) is 13.0 Å². The van der Waals surface area contributed by atoms with E-state index in [0.29, 0.717) is 19.0 Å². The van der Waals surface area contributed by atoms with Gasteiger partial charge in [0.2, 0.25) is 5.88 Å². The summed E-state index contributed by atoms with van der Waals surface area (Å²) in [6.45, 7) is 5.58. The number of anilines is 1. The first-order chi connectivity index (χ1) is 10.3. The SMILES string of the molecule is CCCOc1cc(NCc2ccncc2)nc(CCC)n1. The molecule has 0 spiro atoms. The molecule has 0 fully saturated rings. The number of hydrogen-bond donors (Lipinski definition) is 1. The molecule has 0 aliphatic rings. The van der Waals surface area contributed by atoms with Gasteiger partial charge in [0.15, 0.2) is 0 Å². The van der Waals surface area contributed by atoms with Crippen molar-refractivity contribution in [2.24, 2.45) is 0 Å². The van der Waals surface area contributed by atoms with E-state index in [1.165, 1.54) is 0 Å². The summed E-state index contributed by atoms with van der Waals surface area (Å²) in [6.07, 6.45) is 6.41. The molecule has 1 N–H and O–H groups in total. The molecular weight excluding hydrogens is 264 g/mol. The average Bonchev–Trinajstić information content (AvgIpc) is 2.52. The number of aryl methyl sites for hydroxylation is 1. The first kappa shape index (κ1) is 15.2. The number of ether oxygens (including phenoxy) is 1. The second kappa shape index (κ2) is 8.19. The van der Waals surface area contributed by atoms with Gasteiger partial charge in [-0.25, -0.2) is 4.98 Å². The van der Waals surface area contributed by atoms with Crippen molar-refractivity contribution in [3.8, 4) is 5.88 Å². The minimum atomic E-state index is 0.646. The summed E-state index contributed by atoms with van der Waals surface area (Å²) in [5, 5.41) is 3.32. The highest BCUT2D eigenvalue weighted by atomic mass is 16.5. The Labute approximate surface area is 125 Å². The largest absolute Gasteiger partial charge is 0.478 e. The quantitative estimate of drug-likeness (QED) is 0.807. The van der Waals surface area contributed by atoms with Crippen molar-refractivity contribution in [1.82, 2.24) is 15.0 Å². The molecule has 2 heterocycles. The van der Waals surface area contributed by atoms with Crippen LogP contribution in [0, 0.1) is 0 Å². The van der Waals surface area contributed by atoms with Crippen LogP contribution in [0.15, 0.2) is 30.6 Å². The molecule has 0 atom stereocenters. The fourth-order valence-electron chi connectivity index (χ4n) is 1.87. The number of aromatic nitrogens is 3. The van der Waals surface area contributed by atoms with Gasteiger partial charge in [0, 0.05) is 31.4 Å². The number of nitrogens with one attached hydrogen (secondary N) is 1. The lowest BCUT2D eigenvalue weighted by Crippen LogP contribution is -2.07. The van der Waals surface area contributed by atoms with Gasteiger partial charge in [0.25, 0.3) is 0 Å². The topological polar surface area (TPSA) is 59.9 Å². The number of nitrogens with zero attached hydrogens (tertiary/aromatic N) is 3. The third kappa shape index (κ3) is 5.02. The fourth-order valence-corrected chi connectivity index (χ4v) is 1.87. The van der Waals surface area contributed by atoms with Gasteiger partial charge in [-0.1, -0.05) is 13.8 Å². The van der Waals surface area contributed by atoms with Crippen LogP contribution >= 0.6 is 0 Å². The van der Waals surface area contributed by atoms with E-state index in [1.54, 1.807) is 12.4 Å². The molecule has 5 nitrogen and oxygen atoms in total. The molecule has 0 bridgehead atoms. The Morgan fingerprint density at radius 1 is 1.10 bits per heavy atom. The molecule has 0 aliphatic carbocycles. The number of pyridine rings is 1. The first-order valence-electron chi connectivity index (χ1n) is 7.45. The zero-order valence-electron chi connectivity index (χ0n) is 12.7. The zero-order valence-corrected chi connectivity index (χ0v) is 12.7. The molecule has 2 aromatic heterocycles. The predicted octanol–water partition coefficient (Wildman–Crippen LogP) is 3.23. The normalized spacial score (nSPS) is 10.4. The van der Waals surface area contributed by atoms with Crippen molar-refractivity contribution >= 4 is 5.82 Å². The monoisotopic (exact) mass is 286 g/mol. The second-order valence-corrected chi connectivity index (χ2v) is 4.82. The van der Waals surface area contributed by atoms with Crippen LogP contribution in [-0.4, -0.2) is 21.6 Å². The Hall–Kier alpha value is -2.17. The van der Waals surface area contributed by atoms with Gasteiger partial charge < -0.3 is 10.1 Å². The highest BCUT2D eigenvalue weighted by Gasteiger charge is 2.05. The Morgan fingerprint density at radius 2 is 1.90 bits per heavy atom. The standard InChI is InChI=1S/C16H22N4O/c1-3-5-14-19-15(11-16(20-14)21-10-4-2)18-12-13-6-8-17-9-7-13/h6-9,11H,3-5,10,12H2,1-2H3,(H,18,19,20). The summed E-state index contributed by atoms with van der Waals surface area (Å²) >= 11 is 0. The average molecular weight is 286 g/mol. The molecule has 0 saturated heterocycles. The third-order valence-electron chi connectivity index (χ3n) is 2.90. The van der Waals surface area contributed by atoms with Crippen molar-refractivity contribution in [2.45, 2.75) is 39.7 Å². The highest BCUT2D eigenvalue weighted by Crippen LogP contribution is 2.15. The van der Waals surface area contributed by atoms with Crippen LogP contribution in [0.25, 0.3) is 0 Å². The molecule has 112 valence electrons. The van der Waals surface area contributed by atoms with E-state index >= 15 is 0 Å². The highest BCUT2D eigenvalue weighted by molar-refractivity contribution is 5.39. The summed E-state index contributed by atoms with van der Waals surface area (Å²) < 4.78 is 5.63. The summed E-state index contributed by atoms with van der Waals surface area (Å²) in [5.74, 6) is 2.27. The Kier molecular flexibility index (Phi) is 5.94. The molecule has 21 heavy (non-hydrogen) atoms. The predicted molar refractivity (Wildman–Crippen MR) is 83.4 cm³/mol. The van der Waals surface area contributed by atoms with Gasteiger partial charge in [0.1, 0.15) is 11.6 Å². The third-order valence-corrected chi connectivity index (χ3v) is 2.90. The van der Waals surface area contributed by atoms with Gasteiger partial charge in [-0.05, 0) is 30.5 Å². The van der Waals surface area contributed by atoms with Gasteiger partial charge in [-0.2, -0.15) is 4.98 Å². The molecule has 0 radical (unpaired) electrons. The Balaban J connectivity index is 2.07. The molecular formula is C16H22N4O. The molecule has 2 aromatic rings. The Bertz CT molecular complexity index is 545. The minimum absolute atomic E-state index is 0.646. The molecule has 0 amide bonds. The second-order valence-electron chi connectivity index (χ2n) is 4.82. The lowest BCUT2D eigenvalue weighted by atomic mass is 10.3. The van der Waals surface area contributed by atoms with Crippen molar-refractivity contribution in [3.05, 3.63) is 42.0 Å². The van der Waals surface area contributed by atoms with Crippen molar-refractivity contribution in [2.75, 3.05) is 11.9 Å². The van der Waals surface area contributed by atoms with E-state index in [9.17, 15) is 0 Å². The molecule has 2 rings (SSSR count). The minimum Gasteiger partial charge on any atom is -0.478 e. The number of rotatable bonds is 8. The molecule has 0 unspecified atom stereocenters. The van der Waals surface area contributed by atoms with Crippen molar-refractivity contribution < 1.29 is 4.74 Å². The van der Waals surface area contributed by atoms with Gasteiger partial charge in [0.05, 0.1) is 6.61 Å². The summed E-state index contributed by atoms with van der Waals surface area (Å²) in [5.41, 5.74) is 1.16. The van der Waals surface area contributed by atoms with Crippen molar-refractivity contribution in [1.29, 1.82) is 0 Å². The van der Waals surface area contributed by atoms with E-state index in [0.717, 1.165) is 36.5 Å². The first-order valence-corrected chi connectivity index (χ1v) is 7.45. The summed E-state index contributed by atoms with van der Waals surface area (Å²) in [7, 11) is 0. The van der Waals surface area contributed by atoms with Gasteiger partial charge in [-0.15, -0.1) is 0 Å². The lowest BCUT2D eigenvalue weighted by Gasteiger charge is -2.10. The van der Waals surface area contributed by atoms with E-state index in [4.69, 9.17) is 4.74 Å². The molecule has 5 heteroatoms. The van der Waals surface area contributed by atoms with Crippen LogP contribution in [0.1, 0.15) is 38.1 Å². The van der Waals surface area contributed by atoms with Gasteiger partial charge in [-0.3, -0.25) is 4.98 Å². The maximum atomic E-state index is 5.63. The van der Waals surface area contributed by atoms with Crippen LogP contribution in [0.2, 0.25) is 0 Å². The molecule has 0 saturated carbocycles. The van der Waals surface area contributed by atoms with Crippen LogP contribution in [0.4, 0.5) is 5.82 Å². The van der Waals surface area contributed by atoms with Crippen LogP contribution in [0.5, 0.6) is 5.88 Å². The van der Waals surface area contributed by atoms with Crippen molar-refractivity contribution in [3.63, 3.8) is 0 Å².